The van der Waals surface area contributed by atoms with E-state index in [1.807, 2.05) is 47.1 Å². The molecule has 5 aliphatic rings. The fraction of sp³-hybridized carbons (Fsp3) is 0.622. The minimum atomic E-state index is -1.06. The summed E-state index contributed by atoms with van der Waals surface area (Å²) in [5, 5.41) is 3.05. The molecule has 1 atom stereocenters. The molecule has 1 aromatic heterocycles. The number of morpholine rings is 1. The van der Waals surface area contributed by atoms with Crippen molar-refractivity contribution in [3.05, 3.63) is 63.6 Å². The number of esters is 1. The number of likely N-dealkylation sites (tertiary alicyclic amines) is 3. The van der Waals surface area contributed by atoms with E-state index in [2.05, 4.69) is 20.1 Å². The number of amides is 4. The number of fused-ring (bicyclic) bond motifs is 2. The molecule has 0 bridgehead atoms. The summed E-state index contributed by atoms with van der Waals surface area (Å²) in [6.45, 7) is 11.5. The van der Waals surface area contributed by atoms with Crippen LogP contribution in [0.1, 0.15) is 61.6 Å². The van der Waals surface area contributed by atoms with Crippen LogP contribution in [0.3, 0.4) is 0 Å². The Hall–Kier alpha value is -4.93. The number of hydrogen-bond acceptors (Lipinski definition) is 11. The summed E-state index contributed by atoms with van der Waals surface area (Å²) in [6.07, 6.45) is 4.80. The second kappa shape index (κ2) is 19.8. The number of aromatic nitrogens is 1. The topological polar surface area (TPSA) is 170 Å². The van der Waals surface area contributed by atoms with Crippen molar-refractivity contribution < 1.29 is 37.8 Å². The summed E-state index contributed by atoms with van der Waals surface area (Å²) < 4.78 is 22.4. The van der Waals surface area contributed by atoms with Gasteiger partial charge in [0.15, 0.2) is 11.7 Å². The standard InChI is InChI=1S/C45H61N7O9/c1-31-28-32(29-38-41(31)47-44(56)60-38)30-39(61-45(57)51-19-11-36(12-20-51)52-21-10-35-4-2-3-5-37(35)46-43(52)55)42(54)50-17-8-34(9-18-50)33-6-14-48(15-7-33)16-13-40(53)59-27-24-49-22-25-58-26-23-49/h2-5,28-29,33-34,36,39H,6-27,30H2,1H3,(H,46,55)(H,47,56)/t39-/m1/s1. The first-order chi connectivity index (χ1) is 29.7. The number of aromatic amines is 1. The number of hydrogen-bond donors (Lipinski definition) is 2. The SMILES string of the molecule is Cc1cc(C[C@@H](OC(=O)N2CCC(N3CCc4ccccc4NC3=O)CC2)C(=O)N2CCC(C3CCN(CCC(=O)OCCN4CCOCC4)CC3)CC2)cc2oc(=O)[nH]c12. The van der Waals surface area contributed by atoms with E-state index in [0.717, 1.165) is 100 Å². The minimum Gasteiger partial charge on any atom is -0.464 e. The van der Waals surface area contributed by atoms with Crippen LogP contribution in [0.4, 0.5) is 15.3 Å². The van der Waals surface area contributed by atoms with Crippen LogP contribution >= 0.6 is 0 Å². The number of ether oxygens (including phenoxy) is 3. The predicted octanol–water partition coefficient (Wildman–Crippen LogP) is 4.25. The number of aryl methyl sites for hydroxylation is 1. The maximum Gasteiger partial charge on any atom is 0.417 e. The third-order valence-electron chi connectivity index (χ3n) is 13.6. The molecule has 61 heavy (non-hydrogen) atoms. The van der Waals surface area contributed by atoms with Gasteiger partial charge in [-0.25, -0.2) is 14.4 Å². The van der Waals surface area contributed by atoms with Crippen LogP contribution in [0.15, 0.2) is 45.6 Å². The van der Waals surface area contributed by atoms with Crippen molar-refractivity contribution in [2.45, 2.75) is 76.9 Å². The molecule has 330 valence electrons. The largest absolute Gasteiger partial charge is 0.464 e. The Morgan fingerprint density at radius 2 is 1.51 bits per heavy atom. The van der Waals surface area contributed by atoms with Crippen molar-refractivity contribution >= 4 is 40.8 Å². The molecule has 6 heterocycles. The van der Waals surface area contributed by atoms with Crippen LogP contribution in [-0.2, 0) is 36.6 Å². The molecule has 4 fully saturated rings. The van der Waals surface area contributed by atoms with E-state index in [1.165, 1.54) is 0 Å². The summed E-state index contributed by atoms with van der Waals surface area (Å²) in [5.74, 6) is 0.150. The smallest absolute Gasteiger partial charge is 0.417 e. The Kier molecular flexibility index (Phi) is 13.9. The third kappa shape index (κ3) is 10.8. The molecule has 16 nitrogen and oxygen atoms in total. The minimum absolute atomic E-state index is 0.0188. The summed E-state index contributed by atoms with van der Waals surface area (Å²) in [5.41, 5.74) is 4.47. The molecule has 0 radical (unpaired) electrons. The van der Waals surface area contributed by atoms with Crippen molar-refractivity contribution in [1.82, 2.24) is 29.5 Å². The second-order valence-corrected chi connectivity index (χ2v) is 17.4. The second-order valence-electron chi connectivity index (χ2n) is 17.4. The molecule has 2 N–H and O–H groups in total. The number of oxazole rings is 1. The number of nitrogens with one attached hydrogen (secondary N) is 2. The molecule has 0 aliphatic carbocycles. The lowest BCUT2D eigenvalue weighted by molar-refractivity contribution is -0.145. The average Bonchev–Trinajstić information content (AvgIpc) is 3.58. The molecule has 3 aromatic rings. The molecule has 4 amide bonds. The van der Waals surface area contributed by atoms with E-state index < -0.39 is 18.0 Å². The maximum absolute atomic E-state index is 14.3. The summed E-state index contributed by atoms with van der Waals surface area (Å²) in [4.78, 5) is 78.5. The highest BCUT2D eigenvalue weighted by Crippen LogP contribution is 2.33. The first-order valence-corrected chi connectivity index (χ1v) is 22.4. The zero-order chi connectivity index (χ0) is 42.3. The highest BCUT2D eigenvalue weighted by Gasteiger charge is 2.37. The van der Waals surface area contributed by atoms with Crippen molar-refractivity contribution in [2.24, 2.45) is 11.8 Å². The number of carbonyl (C=O) groups excluding carboxylic acids is 4. The van der Waals surface area contributed by atoms with Crippen molar-refractivity contribution in [3.8, 4) is 0 Å². The van der Waals surface area contributed by atoms with Gasteiger partial charge < -0.3 is 43.5 Å². The summed E-state index contributed by atoms with van der Waals surface area (Å²) in [6, 6.07) is 11.3. The van der Waals surface area contributed by atoms with Crippen molar-refractivity contribution in [2.75, 3.05) is 97.1 Å². The Bertz CT molecular complexity index is 2060. The normalized spacial score (nSPS) is 20.9. The number of anilines is 1. The number of carbonyl (C=O) groups is 4. The van der Waals surface area contributed by atoms with Crippen LogP contribution in [0.25, 0.3) is 11.1 Å². The summed E-state index contributed by atoms with van der Waals surface area (Å²) >= 11 is 0. The molecule has 0 saturated carbocycles. The van der Waals surface area contributed by atoms with Gasteiger partial charge in [-0.2, -0.15) is 0 Å². The lowest BCUT2D eigenvalue weighted by Crippen LogP contribution is -2.52. The molecule has 8 rings (SSSR count). The van der Waals surface area contributed by atoms with Gasteiger partial charge >= 0.3 is 23.8 Å². The average molecular weight is 844 g/mol. The Labute approximate surface area is 356 Å². The van der Waals surface area contributed by atoms with E-state index in [9.17, 15) is 24.0 Å². The first-order valence-electron chi connectivity index (χ1n) is 22.4. The number of rotatable bonds is 12. The molecule has 0 spiro atoms. The number of piperidine rings is 3. The highest BCUT2D eigenvalue weighted by molar-refractivity contribution is 5.91. The fourth-order valence-corrected chi connectivity index (χ4v) is 9.98. The Morgan fingerprint density at radius 1 is 0.820 bits per heavy atom. The number of urea groups is 1. The Balaban J connectivity index is 0.826. The maximum atomic E-state index is 14.3. The van der Waals surface area contributed by atoms with E-state index in [4.69, 9.17) is 18.6 Å². The molecule has 5 aliphatic heterocycles. The van der Waals surface area contributed by atoms with Crippen LogP contribution in [0, 0.1) is 18.8 Å². The Morgan fingerprint density at radius 3 is 2.26 bits per heavy atom. The summed E-state index contributed by atoms with van der Waals surface area (Å²) in [7, 11) is 0. The van der Waals surface area contributed by atoms with Crippen LogP contribution < -0.4 is 11.1 Å². The van der Waals surface area contributed by atoms with Crippen LogP contribution in [-0.4, -0.2) is 157 Å². The van der Waals surface area contributed by atoms with Gasteiger partial charge in [0, 0.05) is 77.1 Å². The molecular weight excluding hydrogens is 783 g/mol. The van der Waals surface area contributed by atoms with E-state index in [1.54, 1.807) is 11.0 Å². The van der Waals surface area contributed by atoms with Gasteiger partial charge in [-0.3, -0.25) is 19.5 Å². The molecular formula is C45H61N7O9. The lowest BCUT2D eigenvalue weighted by atomic mass is 9.78. The van der Waals surface area contributed by atoms with Gasteiger partial charge in [-0.05, 0) is 106 Å². The zero-order valence-electron chi connectivity index (χ0n) is 35.4. The fourth-order valence-electron chi connectivity index (χ4n) is 9.98. The van der Waals surface area contributed by atoms with Gasteiger partial charge in [0.05, 0.1) is 25.2 Å². The van der Waals surface area contributed by atoms with E-state index >= 15 is 0 Å². The number of H-pyrrole nitrogens is 1. The van der Waals surface area contributed by atoms with Gasteiger partial charge in [0.2, 0.25) is 0 Å². The molecule has 2 aromatic carbocycles. The monoisotopic (exact) mass is 843 g/mol. The first kappa shape index (κ1) is 42.7. The highest BCUT2D eigenvalue weighted by atomic mass is 16.6. The molecule has 4 saturated heterocycles. The quantitative estimate of drug-likeness (QED) is 0.250. The van der Waals surface area contributed by atoms with Crippen LogP contribution in [0.5, 0.6) is 0 Å². The molecule has 0 unspecified atom stereocenters. The lowest BCUT2D eigenvalue weighted by Gasteiger charge is -2.41. The van der Waals surface area contributed by atoms with E-state index in [0.29, 0.717) is 88.1 Å². The van der Waals surface area contributed by atoms with Gasteiger partial charge in [0.1, 0.15) is 6.61 Å². The van der Waals surface area contributed by atoms with Gasteiger partial charge in [-0.15, -0.1) is 0 Å². The van der Waals surface area contributed by atoms with E-state index in [-0.39, 0.29) is 30.4 Å². The van der Waals surface area contributed by atoms with Gasteiger partial charge in [-0.1, -0.05) is 24.3 Å². The number of nitrogens with zero attached hydrogens (tertiary/aromatic N) is 5. The number of benzene rings is 2. The van der Waals surface area contributed by atoms with Crippen molar-refractivity contribution in [3.63, 3.8) is 0 Å². The van der Waals surface area contributed by atoms with Crippen LogP contribution in [0.2, 0.25) is 0 Å². The molecule has 16 heteroatoms. The third-order valence-corrected chi connectivity index (χ3v) is 13.6. The predicted molar refractivity (Wildman–Crippen MR) is 227 cm³/mol. The number of para-hydroxylation sites is 1. The van der Waals surface area contributed by atoms with Gasteiger partial charge in [0.25, 0.3) is 5.91 Å². The zero-order valence-corrected chi connectivity index (χ0v) is 35.4. The van der Waals surface area contributed by atoms with Crippen molar-refractivity contribution in [1.29, 1.82) is 0 Å².